The van der Waals surface area contributed by atoms with E-state index < -0.39 is 11.9 Å². The van der Waals surface area contributed by atoms with Gasteiger partial charge in [0.1, 0.15) is 0 Å². The number of esters is 2. The number of hydrogen-bond donors (Lipinski definition) is 0. The van der Waals surface area contributed by atoms with E-state index in [1.54, 1.807) is 0 Å². The third kappa shape index (κ3) is 14.9. The van der Waals surface area contributed by atoms with Crippen molar-refractivity contribution in [2.45, 2.75) is 77.6 Å². The summed E-state index contributed by atoms with van der Waals surface area (Å²) in [6.45, 7) is 2.23. The van der Waals surface area contributed by atoms with Gasteiger partial charge in [-0.1, -0.05) is 51.9 Å². The highest BCUT2D eigenvalue weighted by Crippen LogP contribution is 2.09. The van der Waals surface area contributed by atoms with Crippen molar-refractivity contribution in [2.24, 2.45) is 0 Å². The standard InChI is InChI=1S/C17H30O4/c1-3-4-5-6-7-8-9-10-11-12-15-21-17(19)14-13-16(18)20-2/h12,15H,3-11,13-14H2,1-2H3. The largest absolute Gasteiger partial charge is 0.469 e. The first-order valence-corrected chi connectivity index (χ1v) is 8.12. The van der Waals surface area contributed by atoms with Gasteiger partial charge in [-0.2, -0.15) is 0 Å². The number of methoxy groups -OCH3 is 1. The van der Waals surface area contributed by atoms with Gasteiger partial charge >= 0.3 is 11.9 Å². The van der Waals surface area contributed by atoms with Crippen LogP contribution in [0.3, 0.4) is 0 Å². The molecule has 0 unspecified atom stereocenters. The topological polar surface area (TPSA) is 52.6 Å². The maximum absolute atomic E-state index is 11.2. The summed E-state index contributed by atoms with van der Waals surface area (Å²) in [5.41, 5.74) is 0. The Labute approximate surface area is 128 Å². The van der Waals surface area contributed by atoms with Crippen LogP contribution >= 0.6 is 0 Å². The molecule has 0 radical (unpaired) electrons. The molecule has 0 heterocycles. The van der Waals surface area contributed by atoms with Crippen molar-refractivity contribution in [3.8, 4) is 0 Å². The van der Waals surface area contributed by atoms with Crippen LogP contribution in [-0.2, 0) is 19.1 Å². The van der Waals surface area contributed by atoms with Crippen molar-refractivity contribution >= 4 is 11.9 Å². The lowest BCUT2D eigenvalue weighted by molar-refractivity contribution is -0.145. The SMILES string of the molecule is CCCCCCCCCCC=COC(=O)CCC(=O)OC. The Morgan fingerprint density at radius 2 is 1.43 bits per heavy atom. The molecule has 0 aliphatic carbocycles. The van der Waals surface area contributed by atoms with E-state index in [0.717, 1.165) is 12.8 Å². The monoisotopic (exact) mass is 298 g/mol. The predicted molar refractivity (Wildman–Crippen MR) is 83.7 cm³/mol. The van der Waals surface area contributed by atoms with Crippen LogP contribution in [0.1, 0.15) is 77.6 Å². The van der Waals surface area contributed by atoms with Crippen LogP contribution in [0.15, 0.2) is 12.3 Å². The quantitative estimate of drug-likeness (QED) is 0.285. The maximum Gasteiger partial charge on any atom is 0.311 e. The summed E-state index contributed by atoms with van der Waals surface area (Å²) in [4.78, 5) is 22.1. The molecule has 0 aliphatic heterocycles. The van der Waals surface area contributed by atoms with E-state index in [2.05, 4.69) is 11.7 Å². The van der Waals surface area contributed by atoms with E-state index in [9.17, 15) is 9.59 Å². The number of carbonyl (C=O) groups is 2. The lowest BCUT2D eigenvalue weighted by atomic mass is 10.1. The fourth-order valence-electron chi connectivity index (χ4n) is 1.95. The van der Waals surface area contributed by atoms with Crippen LogP contribution in [0.4, 0.5) is 0 Å². The Morgan fingerprint density at radius 3 is 2.05 bits per heavy atom. The average molecular weight is 298 g/mol. The number of hydrogen-bond acceptors (Lipinski definition) is 4. The van der Waals surface area contributed by atoms with E-state index in [4.69, 9.17) is 4.74 Å². The third-order valence-corrected chi connectivity index (χ3v) is 3.28. The van der Waals surface area contributed by atoms with Gasteiger partial charge < -0.3 is 9.47 Å². The Kier molecular flexibility index (Phi) is 14.1. The number of unbranched alkanes of at least 4 members (excludes halogenated alkanes) is 8. The molecular weight excluding hydrogens is 268 g/mol. The molecule has 122 valence electrons. The van der Waals surface area contributed by atoms with Crippen molar-refractivity contribution in [1.29, 1.82) is 0 Å². The fourth-order valence-corrected chi connectivity index (χ4v) is 1.95. The smallest absolute Gasteiger partial charge is 0.311 e. The van der Waals surface area contributed by atoms with Crippen LogP contribution < -0.4 is 0 Å². The molecule has 0 saturated heterocycles. The summed E-state index contributed by atoms with van der Waals surface area (Å²) in [5.74, 6) is -0.789. The molecule has 0 saturated carbocycles. The van der Waals surface area contributed by atoms with Gasteiger partial charge in [-0.3, -0.25) is 9.59 Å². The van der Waals surface area contributed by atoms with Crippen molar-refractivity contribution in [3.05, 3.63) is 12.3 Å². The number of ether oxygens (including phenoxy) is 2. The zero-order valence-corrected chi connectivity index (χ0v) is 13.6. The first-order chi connectivity index (χ1) is 10.2. The lowest BCUT2D eigenvalue weighted by Gasteiger charge is -2.00. The van der Waals surface area contributed by atoms with Gasteiger partial charge in [0.15, 0.2) is 0 Å². The van der Waals surface area contributed by atoms with Crippen LogP contribution in [0.25, 0.3) is 0 Å². The second-order valence-corrected chi connectivity index (χ2v) is 5.20. The molecule has 0 aromatic rings. The summed E-state index contributed by atoms with van der Waals surface area (Å²) >= 11 is 0. The Hall–Kier alpha value is -1.32. The van der Waals surface area contributed by atoms with Crippen LogP contribution in [0, 0.1) is 0 Å². The van der Waals surface area contributed by atoms with Gasteiger partial charge in [0, 0.05) is 0 Å². The Bertz CT molecular complexity index is 297. The molecular formula is C17H30O4. The molecule has 0 spiro atoms. The molecule has 0 aromatic carbocycles. The number of carbonyl (C=O) groups excluding carboxylic acids is 2. The maximum atomic E-state index is 11.2. The summed E-state index contributed by atoms with van der Waals surface area (Å²) in [5, 5.41) is 0. The third-order valence-electron chi connectivity index (χ3n) is 3.28. The Morgan fingerprint density at radius 1 is 0.857 bits per heavy atom. The molecule has 0 rings (SSSR count). The minimum Gasteiger partial charge on any atom is -0.469 e. The van der Waals surface area contributed by atoms with Crippen LogP contribution in [0.2, 0.25) is 0 Å². The van der Waals surface area contributed by atoms with Crippen molar-refractivity contribution in [3.63, 3.8) is 0 Å². The summed E-state index contributed by atoms with van der Waals surface area (Å²) in [6, 6.07) is 0. The normalized spacial score (nSPS) is 10.8. The second-order valence-electron chi connectivity index (χ2n) is 5.20. The molecule has 21 heavy (non-hydrogen) atoms. The number of rotatable bonds is 13. The molecule has 0 aromatic heterocycles. The molecule has 0 atom stereocenters. The highest BCUT2D eigenvalue weighted by atomic mass is 16.5. The molecule has 0 amide bonds. The van der Waals surface area contributed by atoms with E-state index in [1.165, 1.54) is 58.3 Å². The second kappa shape index (κ2) is 15.1. The molecule has 0 fully saturated rings. The van der Waals surface area contributed by atoms with Gasteiger partial charge in [-0.25, -0.2) is 0 Å². The van der Waals surface area contributed by atoms with E-state index in [-0.39, 0.29) is 12.8 Å². The van der Waals surface area contributed by atoms with E-state index in [1.807, 2.05) is 6.08 Å². The van der Waals surface area contributed by atoms with E-state index in [0.29, 0.717) is 0 Å². The first kappa shape index (κ1) is 19.7. The zero-order valence-electron chi connectivity index (χ0n) is 13.6. The molecule has 0 N–H and O–H groups in total. The van der Waals surface area contributed by atoms with Crippen molar-refractivity contribution < 1.29 is 19.1 Å². The zero-order chi connectivity index (χ0) is 15.8. The van der Waals surface area contributed by atoms with E-state index >= 15 is 0 Å². The summed E-state index contributed by atoms with van der Waals surface area (Å²) < 4.78 is 9.33. The summed E-state index contributed by atoms with van der Waals surface area (Å²) in [6.07, 6.45) is 14.7. The minimum absolute atomic E-state index is 0.0643. The summed E-state index contributed by atoms with van der Waals surface area (Å²) in [7, 11) is 1.30. The fraction of sp³-hybridized carbons (Fsp3) is 0.765. The average Bonchev–Trinajstić information content (AvgIpc) is 2.50. The van der Waals surface area contributed by atoms with Crippen molar-refractivity contribution in [2.75, 3.05) is 7.11 Å². The molecule has 4 nitrogen and oxygen atoms in total. The Balaban J connectivity index is 3.32. The van der Waals surface area contributed by atoms with Gasteiger partial charge in [0.2, 0.25) is 0 Å². The highest BCUT2D eigenvalue weighted by molar-refractivity contribution is 5.77. The van der Waals surface area contributed by atoms with Gasteiger partial charge in [-0.15, -0.1) is 0 Å². The first-order valence-electron chi connectivity index (χ1n) is 8.12. The minimum atomic E-state index is -0.396. The molecule has 0 aliphatic rings. The molecule has 4 heteroatoms. The molecule has 0 bridgehead atoms. The highest BCUT2D eigenvalue weighted by Gasteiger charge is 2.06. The lowest BCUT2D eigenvalue weighted by Crippen LogP contribution is -2.06. The van der Waals surface area contributed by atoms with Crippen molar-refractivity contribution in [1.82, 2.24) is 0 Å². The van der Waals surface area contributed by atoms with Crippen LogP contribution in [0.5, 0.6) is 0 Å². The van der Waals surface area contributed by atoms with Crippen LogP contribution in [-0.4, -0.2) is 19.0 Å². The van der Waals surface area contributed by atoms with Gasteiger partial charge in [-0.05, 0) is 18.9 Å². The number of allylic oxidation sites excluding steroid dienone is 1. The van der Waals surface area contributed by atoms with Gasteiger partial charge in [0.05, 0.1) is 26.2 Å². The predicted octanol–water partition coefficient (Wildman–Crippen LogP) is 4.53. The van der Waals surface area contributed by atoms with Gasteiger partial charge in [0.25, 0.3) is 0 Å².